The van der Waals surface area contributed by atoms with Crippen molar-refractivity contribution in [1.82, 2.24) is 10.3 Å². The minimum Gasteiger partial charge on any atom is -0.337 e. The zero-order valence-electron chi connectivity index (χ0n) is 13.7. The molecule has 1 aromatic carbocycles. The van der Waals surface area contributed by atoms with Crippen LogP contribution in [0.4, 0.5) is 10.5 Å². The average Bonchev–Trinajstić information content (AvgIpc) is 2.56. The summed E-state index contributed by atoms with van der Waals surface area (Å²) in [6.45, 7) is 2.59. The molecule has 0 radical (unpaired) electrons. The van der Waals surface area contributed by atoms with E-state index >= 15 is 0 Å². The van der Waals surface area contributed by atoms with Crippen LogP contribution in [0, 0.1) is 0 Å². The molecule has 2 amide bonds. The molecule has 0 fully saturated rings. The van der Waals surface area contributed by atoms with Crippen molar-refractivity contribution in [3.8, 4) is 0 Å². The van der Waals surface area contributed by atoms with Gasteiger partial charge in [-0.2, -0.15) is 0 Å². The van der Waals surface area contributed by atoms with Gasteiger partial charge in [0.25, 0.3) is 0 Å². The highest BCUT2D eigenvalue weighted by Gasteiger charge is 2.12. The SMILES string of the molecule is CC[C@@H](CNC(=O)Nc1ccc(S(C)(=O)=O)nc1)c1ccccc1. The highest BCUT2D eigenvalue weighted by molar-refractivity contribution is 7.90. The third kappa shape index (κ3) is 5.06. The van der Waals surface area contributed by atoms with Gasteiger partial charge in [-0.05, 0) is 24.1 Å². The molecule has 1 aromatic heterocycles. The van der Waals surface area contributed by atoms with Crippen molar-refractivity contribution in [1.29, 1.82) is 0 Å². The Morgan fingerprint density at radius 2 is 1.88 bits per heavy atom. The lowest BCUT2D eigenvalue weighted by atomic mass is 9.97. The van der Waals surface area contributed by atoms with Gasteiger partial charge < -0.3 is 10.6 Å². The molecule has 24 heavy (non-hydrogen) atoms. The summed E-state index contributed by atoms with van der Waals surface area (Å²) in [7, 11) is -3.34. The molecule has 0 unspecified atom stereocenters. The van der Waals surface area contributed by atoms with Gasteiger partial charge in [-0.3, -0.25) is 0 Å². The summed E-state index contributed by atoms with van der Waals surface area (Å²) in [6.07, 6.45) is 3.32. The third-order valence-corrected chi connectivity index (χ3v) is 4.65. The van der Waals surface area contributed by atoms with Crippen LogP contribution in [-0.4, -0.2) is 32.2 Å². The Bertz CT molecular complexity index is 774. The highest BCUT2D eigenvalue weighted by Crippen LogP contribution is 2.18. The maximum absolute atomic E-state index is 12.0. The number of anilines is 1. The highest BCUT2D eigenvalue weighted by atomic mass is 32.2. The van der Waals surface area contributed by atoms with Crippen LogP contribution in [0.5, 0.6) is 0 Å². The van der Waals surface area contributed by atoms with E-state index in [1.807, 2.05) is 30.3 Å². The number of benzene rings is 1. The molecular weight excluding hydrogens is 326 g/mol. The molecule has 2 rings (SSSR count). The number of aromatic nitrogens is 1. The standard InChI is InChI=1S/C17H21N3O3S/c1-3-13(14-7-5-4-6-8-14)11-19-17(21)20-15-9-10-16(18-12-15)24(2,22)23/h4-10,12-13H,3,11H2,1-2H3,(H2,19,20,21)/t13-/m0/s1. The Labute approximate surface area is 142 Å². The number of hydrogen-bond acceptors (Lipinski definition) is 4. The lowest BCUT2D eigenvalue weighted by molar-refractivity contribution is 0.251. The number of rotatable bonds is 6. The van der Waals surface area contributed by atoms with Crippen molar-refractivity contribution < 1.29 is 13.2 Å². The number of carbonyl (C=O) groups excluding carboxylic acids is 1. The molecule has 0 saturated heterocycles. The largest absolute Gasteiger partial charge is 0.337 e. The van der Waals surface area contributed by atoms with Crippen LogP contribution in [0.3, 0.4) is 0 Å². The van der Waals surface area contributed by atoms with Crippen LogP contribution in [0.2, 0.25) is 0 Å². The van der Waals surface area contributed by atoms with E-state index in [2.05, 4.69) is 22.5 Å². The lowest BCUT2D eigenvalue weighted by Crippen LogP contribution is -2.32. The van der Waals surface area contributed by atoms with E-state index in [4.69, 9.17) is 0 Å². The van der Waals surface area contributed by atoms with Gasteiger partial charge in [0.05, 0.1) is 11.9 Å². The van der Waals surface area contributed by atoms with Crippen LogP contribution in [0.15, 0.2) is 53.7 Å². The predicted octanol–water partition coefficient (Wildman–Crippen LogP) is 2.80. The molecule has 7 heteroatoms. The molecular formula is C17H21N3O3S. The molecule has 0 spiro atoms. The van der Waals surface area contributed by atoms with Crippen LogP contribution in [0.1, 0.15) is 24.8 Å². The minimum atomic E-state index is -3.34. The Hall–Kier alpha value is -2.41. The molecule has 0 aliphatic carbocycles. The summed E-state index contributed by atoms with van der Waals surface area (Å²) in [5.74, 6) is 0.239. The van der Waals surface area contributed by atoms with E-state index in [1.165, 1.54) is 23.9 Å². The minimum absolute atomic E-state index is 0.0245. The average molecular weight is 347 g/mol. The molecule has 0 bridgehead atoms. The van der Waals surface area contributed by atoms with Crippen LogP contribution in [-0.2, 0) is 9.84 Å². The normalized spacial score (nSPS) is 12.4. The second kappa shape index (κ2) is 7.92. The van der Waals surface area contributed by atoms with Gasteiger partial charge >= 0.3 is 6.03 Å². The Morgan fingerprint density at radius 3 is 2.42 bits per heavy atom. The molecule has 0 aliphatic heterocycles. The van der Waals surface area contributed by atoms with Gasteiger partial charge in [0.15, 0.2) is 14.9 Å². The van der Waals surface area contributed by atoms with Gasteiger partial charge in [-0.25, -0.2) is 18.2 Å². The van der Waals surface area contributed by atoms with Crippen molar-refractivity contribution in [3.05, 3.63) is 54.2 Å². The number of nitrogens with one attached hydrogen (secondary N) is 2. The fourth-order valence-electron chi connectivity index (χ4n) is 2.29. The van der Waals surface area contributed by atoms with Crippen molar-refractivity contribution in [2.75, 3.05) is 18.1 Å². The number of nitrogens with zero attached hydrogens (tertiary/aromatic N) is 1. The lowest BCUT2D eigenvalue weighted by Gasteiger charge is -2.16. The van der Waals surface area contributed by atoms with Gasteiger partial charge in [0, 0.05) is 18.7 Å². The van der Waals surface area contributed by atoms with Crippen molar-refractivity contribution >= 4 is 21.6 Å². The fourth-order valence-corrected chi connectivity index (χ4v) is 2.85. The fraction of sp³-hybridized carbons (Fsp3) is 0.294. The molecule has 2 aromatic rings. The summed E-state index contributed by atoms with van der Waals surface area (Å²) in [5.41, 5.74) is 1.62. The van der Waals surface area contributed by atoms with Crippen molar-refractivity contribution in [2.45, 2.75) is 24.3 Å². The molecule has 0 aliphatic rings. The van der Waals surface area contributed by atoms with E-state index in [-0.39, 0.29) is 17.0 Å². The monoisotopic (exact) mass is 347 g/mol. The zero-order valence-corrected chi connectivity index (χ0v) is 14.5. The van der Waals surface area contributed by atoms with Gasteiger partial charge in [0.1, 0.15) is 0 Å². The summed E-state index contributed by atoms with van der Waals surface area (Å²) < 4.78 is 22.7. The number of urea groups is 1. The number of amides is 2. The first-order valence-electron chi connectivity index (χ1n) is 7.66. The van der Waals surface area contributed by atoms with Crippen molar-refractivity contribution in [2.24, 2.45) is 0 Å². The smallest absolute Gasteiger partial charge is 0.319 e. The maximum Gasteiger partial charge on any atom is 0.319 e. The van der Waals surface area contributed by atoms with E-state index in [0.29, 0.717) is 12.2 Å². The van der Waals surface area contributed by atoms with Crippen LogP contribution < -0.4 is 10.6 Å². The van der Waals surface area contributed by atoms with E-state index < -0.39 is 9.84 Å². The first-order valence-corrected chi connectivity index (χ1v) is 9.55. The van der Waals surface area contributed by atoms with Crippen LogP contribution >= 0.6 is 0 Å². The number of carbonyl (C=O) groups is 1. The van der Waals surface area contributed by atoms with Crippen molar-refractivity contribution in [3.63, 3.8) is 0 Å². The number of pyridine rings is 1. The number of hydrogen-bond donors (Lipinski definition) is 2. The molecule has 1 heterocycles. The van der Waals surface area contributed by atoms with E-state index in [0.717, 1.165) is 12.7 Å². The summed E-state index contributed by atoms with van der Waals surface area (Å²) in [5, 5.41) is 5.45. The maximum atomic E-state index is 12.0. The topological polar surface area (TPSA) is 88.2 Å². The first-order chi connectivity index (χ1) is 11.4. The zero-order chi connectivity index (χ0) is 17.6. The van der Waals surface area contributed by atoms with Gasteiger partial charge in [-0.15, -0.1) is 0 Å². The molecule has 0 saturated carbocycles. The summed E-state index contributed by atoms with van der Waals surface area (Å²) >= 11 is 0. The molecule has 2 N–H and O–H groups in total. The second-order valence-corrected chi connectivity index (χ2v) is 7.47. The van der Waals surface area contributed by atoms with Gasteiger partial charge in [0.2, 0.25) is 0 Å². The van der Waals surface area contributed by atoms with E-state index in [1.54, 1.807) is 0 Å². The summed E-state index contributed by atoms with van der Waals surface area (Å²) in [4.78, 5) is 15.8. The van der Waals surface area contributed by atoms with E-state index in [9.17, 15) is 13.2 Å². The first kappa shape index (κ1) is 17.9. The van der Waals surface area contributed by atoms with Crippen LogP contribution in [0.25, 0.3) is 0 Å². The molecule has 128 valence electrons. The Balaban J connectivity index is 1.91. The molecule has 6 nitrogen and oxygen atoms in total. The van der Waals surface area contributed by atoms with Gasteiger partial charge in [-0.1, -0.05) is 37.3 Å². The Kier molecular flexibility index (Phi) is 5.92. The Morgan fingerprint density at radius 1 is 1.17 bits per heavy atom. The molecule has 1 atom stereocenters. The number of sulfone groups is 1. The quantitative estimate of drug-likeness (QED) is 0.841. The third-order valence-electron chi connectivity index (χ3n) is 3.65. The summed E-state index contributed by atoms with van der Waals surface area (Å²) in [6, 6.07) is 12.5. The second-order valence-electron chi connectivity index (χ2n) is 5.51. The predicted molar refractivity (Wildman–Crippen MR) is 93.8 cm³/mol.